The maximum absolute atomic E-state index is 5.08. The van der Waals surface area contributed by atoms with Crippen LogP contribution >= 0.6 is 11.3 Å². The van der Waals surface area contributed by atoms with Gasteiger partial charge >= 0.3 is 0 Å². The molecule has 0 saturated carbocycles. The monoisotopic (exact) mass is 614 g/mol. The fourth-order valence-electron chi connectivity index (χ4n) is 7.23. The van der Waals surface area contributed by atoms with Crippen molar-refractivity contribution in [3.8, 4) is 33.8 Å². The second-order valence-electron chi connectivity index (χ2n) is 12.1. The molecule has 2 nitrogen and oxygen atoms in total. The Labute approximate surface area is 275 Å². The summed E-state index contributed by atoms with van der Waals surface area (Å²) >= 11 is 1.90. The Morgan fingerprint density at radius 2 is 0.957 bits per heavy atom. The van der Waals surface area contributed by atoms with Gasteiger partial charge in [-0.25, -0.2) is 9.97 Å². The molecule has 0 amide bonds. The number of rotatable bonds is 3. The van der Waals surface area contributed by atoms with Gasteiger partial charge in [0.25, 0.3) is 0 Å². The second kappa shape index (κ2) is 10.3. The van der Waals surface area contributed by atoms with E-state index in [1.807, 2.05) is 29.5 Å². The molecule has 0 unspecified atom stereocenters. The van der Waals surface area contributed by atoms with Crippen LogP contribution in [0.1, 0.15) is 0 Å². The average molecular weight is 615 g/mol. The fraction of sp³-hybridized carbons (Fsp3) is 0. The minimum absolute atomic E-state index is 0.734. The lowest BCUT2D eigenvalue weighted by Gasteiger charge is -2.13. The van der Waals surface area contributed by atoms with E-state index in [-0.39, 0.29) is 0 Å². The third-order valence-electron chi connectivity index (χ3n) is 9.47. The van der Waals surface area contributed by atoms with Crippen molar-refractivity contribution in [2.45, 2.75) is 0 Å². The van der Waals surface area contributed by atoms with Gasteiger partial charge in [0.2, 0.25) is 0 Å². The van der Waals surface area contributed by atoms with Gasteiger partial charge in [-0.1, -0.05) is 140 Å². The molecule has 10 aromatic rings. The predicted octanol–water partition coefficient (Wildman–Crippen LogP) is 12.5. The topological polar surface area (TPSA) is 25.8 Å². The largest absolute Gasteiger partial charge is 0.228 e. The van der Waals surface area contributed by atoms with Crippen molar-refractivity contribution >= 4 is 74.7 Å². The van der Waals surface area contributed by atoms with Crippen LogP contribution in [0.25, 0.3) is 97.2 Å². The smallest absolute Gasteiger partial charge is 0.160 e. The number of thiophene rings is 1. The number of para-hydroxylation sites is 1. The molecule has 0 saturated heterocycles. The summed E-state index contributed by atoms with van der Waals surface area (Å²) in [5.74, 6) is 0.734. The molecule has 0 bridgehead atoms. The molecule has 8 aromatic carbocycles. The molecular weight excluding hydrogens is 589 g/mol. The summed E-state index contributed by atoms with van der Waals surface area (Å²) in [6.07, 6.45) is 0. The van der Waals surface area contributed by atoms with Crippen LogP contribution in [0.5, 0.6) is 0 Å². The summed E-state index contributed by atoms with van der Waals surface area (Å²) in [5.41, 5.74) is 6.36. The molecule has 0 spiro atoms. The van der Waals surface area contributed by atoms with E-state index in [1.165, 1.54) is 63.6 Å². The summed E-state index contributed by atoms with van der Waals surface area (Å²) in [7, 11) is 0. The van der Waals surface area contributed by atoms with Crippen molar-refractivity contribution in [3.63, 3.8) is 0 Å². The first-order valence-corrected chi connectivity index (χ1v) is 16.7. The Morgan fingerprint density at radius 3 is 1.79 bits per heavy atom. The van der Waals surface area contributed by atoms with E-state index in [0.717, 1.165) is 33.5 Å². The Morgan fingerprint density at radius 1 is 0.362 bits per heavy atom. The van der Waals surface area contributed by atoms with Gasteiger partial charge in [-0.05, 0) is 56.3 Å². The van der Waals surface area contributed by atoms with Crippen LogP contribution in [-0.4, -0.2) is 9.97 Å². The zero-order chi connectivity index (χ0) is 30.9. The second-order valence-corrected chi connectivity index (χ2v) is 13.2. The molecule has 0 N–H and O–H groups in total. The maximum Gasteiger partial charge on any atom is 0.160 e. The molecule has 0 aliphatic carbocycles. The molecular formula is C44H26N2S. The standard InChI is InChI=1S/C44H26N2S/c1-2-10-28(11-3-1)42-37-15-6-8-16-39(37)45-44(46-42)29-20-18-27(19-21-29)30-22-23-35-38(26-30)32-13-5-4-12-31(32)34-24-25-36-33-14-7-9-17-40(33)47-43(36)41(34)35/h1-26H. The molecule has 0 radical (unpaired) electrons. The van der Waals surface area contributed by atoms with Gasteiger partial charge in [-0.2, -0.15) is 0 Å². The van der Waals surface area contributed by atoms with Crippen LogP contribution < -0.4 is 0 Å². The molecule has 2 aromatic heterocycles. The predicted molar refractivity (Wildman–Crippen MR) is 201 cm³/mol. The van der Waals surface area contributed by atoms with Crippen molar-refractivity contribution in [2.75, 3.05) is 0 Å². The van der Waals surface area contributed by atoms with Gasteiger partial charge in [-0.3, -0.25) is 0 Å². The number of hydrogen-bond donors (Lipinski definition) is 0. The van der Waals surface area contributed by atoms with E-state index in [0.29, 0.717) is 0 Å². The van der Waals surface area contributed by atoms with Crippen molar-refractivity contribution < 1.29 is 0 Å². The summed E-state index contributed by atoms with van der Waals surface area (Å²) in [6, 6.07) is 56.5. The molecule has 0 aliphatic heterocycles. The lowest BCUT2D eigenvalue weighted by Crippen LogP contribution is -1.95. The number of benzene rings is 8. The first-order valence-electron chi connectivity index (χ1n) is 15.9. The minimum Gasteiger partial charge on any atom is -0.228 e. The van der Waals surface area contributed by atoms with Crippen LogP contribution in [0.3, 0.4) is 0 Å². The van der Waals surface area contributed by atoms with Crippen molar-refractivity contribution in [1.29, 1.82) is 0 Å². The van der Waals surface area contributed by atoms with Crippen LogP contribution in [0.2, 0.25) is 0 Å². The third-order valence-corrected chi connectivity index (χ3v) is 10.7. The van der Waals surface area contributed by atoms with Gasteiger partial charge in [0, 0.05) is 42.1 Å². The number of aromatic nitrogens is 2. The van der Waals surface area contributed by atoms with Gasteiger partial charge in [-0.15, -0.1) is 11.3 Å². The quantitative estimate of drug-likeness (QED) is 0.185. The highest BCUT2D eigenvalue weighted by atomic mass is 32.1. The maximum atomic E-state index is 5.08. The van der Waals surface area contributed by atoms with Gasteiger partial charge in [0.05, 0.1) is 11.2 Å². The van der Waals surface area contributed by atoms with Crippen LogP contribution in [0.4, 0.5) is 0 Å². The van der Waals surface area contributed by atoms with Crippen LogP contribution in [0.15, 0.2) is 158 Å². The Bertz CT molecular complexity index is 2830. The van der Waals surface area contributed by atoms with Gasteiger partial charge < -0.3 is 0 Å². The first-order chi connectivity index (χ1) is 23.3. The number of hydrogen-bond acceptors (Lipinski definition) is 3. The Kier molecular flexibility index (Phi) is 5.78. The fourth-order valence-corrected chi connectivity index (χ4v) is 8.50. The average Bonchev–Trinajstić information content (AvgIpc) is 3.53. The van der Waals surface area contributed by atoms with Gasteiger partial charge in [0.1, 0.15) is 0 Å². The van der Waals surface area contributed by atoms with Gasteiger partial charge in [0.15, 0.2) is 5.82 Å². The number of fused-ring (bicyclic) bond motifs is 11. The van der Waals surface area contributed by atoms with Crippen molar-refractivity contribution in [1.82, 2.24) is 9.97 Å². The zero-order valence-corrected chi connectivity index (χ0v) is 26.1. The van der Waals surface area contributed by atoms with E-state index in [2.05, 4.69) is 140 Å². The molecule has 0 fully saturated rings. The summed E-state index contributed by atoms with van der Waals surface area (Å²) < 4.78 is 2.70. The molecule has 47 heavy (non-hydrogen) atoms. The highest BCUT2D eigenvalue weighted by Gasteiger charge is 2.16. The van der Waals surface area contributed by atoms with E-state index in [1.54, 1.807) is 0 Å². The van der Waals surface area contributed by atoms with E-state index in [4.69, 9.17) is 9.97 Å². The lowest BCUT2D eigenvalue weighted by atomic mass is 9.91. The van der Waals surface area contributed by atoms with E-state index < -0.39 is 0 Å². The molecule has 0 aliphatic rings. The molecule has 218 valence electrons. The van der Waals surface area contributed by atoms with Crippen molar-refractivity contribution in [3.05, 3.63) is 158 Å². The highest BCUT2D eigenvalue weighted by Crippen LogP contribution is 2.45. The number of nitrogens with zero attached hydrogens (tertiary/aromatic N) is 2. The lowest BCUT2D eigenvalue weighted by molar-refractivity contribution is 1.23. The summed E-state index contributed by atoms with van der Waals surface area (Å²) in [5, 5.41) is 11.6. The zero-order valence-electron chi connectivity index (χ0n) is 25.3. The third kappa shape index (κ3) is 4.10. The molecule has 0 atom stereocenters. The van der Waals surface area contributed by atoms with Crippen molar-refractivity contribution in [2.24, 2.45) is 0 Å². The summed E-state index contributed by atoms with van der Waals surface area (Å²) in [6.45, 7) is 0. The Balaban J connectivity index is 1.13. The first kappa shape index (κ1) is 26.3. The minimum atomic E-state index is 0.734. The molecule has 3 heteroatoms. The SMILES string of the molecule is c1ccc(-c2nc(-c3ccc(-c4ccc5c(c4)c4ccccc4c4ccc6c7ccccc7sc6c45)cc3)nc3ccccc23)cc1. The molecule has 2 heterocycles. The highest BCUT2D eigenvalue weighted by molar-refractivity contribution is 7.26. The van der Waals surface area contributed by atoms with E-state index in [9.17, 15) is 0 Å². The molecule has 10 rings (SSSR count). The Hall–Kier alpha value is -5.90. The van der Waals surface area contributed by atoms with E-state index >= 15 is 0 Å². The normalized spacial score (nSPS) is 11.8. The van der Waals surface area contributed by atoms with Crippen LogP contribution in [-0.2, 0) is 0 Å². The summed E-state index contributed by atoms with van der Waals surface area (Å²) in [4.78, 5) is 10.0. The van der Waals surface area contributed by atoms with Crippen LogP contribution in [0, 0.1) is 0 Å².